The number of rotatable bonds is 3. The fourth-order valence-electron chi connectivity index (χ4n) is 2.26. The zero-order valence-corrected chi connectivity index (χ0v) is 12.4. The van der Waals surface area contributed by atoms with Crippen LogP contribution < -0.4 is 0 Å². The quantitative estimate of drug-likeness (QED) is 0.890. The van der Waals surface area contributed by atoms with Gasteiger partial charge in [-0.2, -0.15) is 4.31 Å². The summed E-state index contributed by atoms with van der Waals surface area (Å²) in [7, 11) is -3.53. The second-order valence-electron chi connectivity index (χ2n) is 5.31. The van der Waals surface area contributed by atoms with Crippen molar-refractivity contribution in [3.63, 3.8) is 0 Å². The molecule has 0 amide bonds. The Labute approximate surface area is 114 Å². The van der Waals surface area contributed by atoms with Crippen molar-refractivity contribution in [1.29, 1.82) is 0 Å². The molecule has 2 rings (SSSR count). The maximum absolute atomic E-state index is 12.4. The molecule has 1 aromatic heterocycles. The van der Waals surface area contributed by atoms with E-state index in [0.717, 1.165) is 0 Å². The molecular formula is C12H21N3O3S. The van der Waals surface area contributed by atoms with E-state index in [4.69, 9.17) is 0 Å². The Hall–Kier alpha value is -0.920. The summed E-state index contributed by atoms with van der Waals surface area (Å²) in [4.78, 5) is 4.14. The predicted molar refractivity (Wildman–Crippen MR) is 71.3 cm³/mol. The highest BCUT2D eigenvalue weighted by molar-refractivity contribution is 7.89. The molecule has 0 bridgehead atoms. The van der Waals surface area contributed by atoms with Crippen LogP contribution in [0.1, 0.15) is 32.5 Å². The lowest BCUT2D eigenvalue weighted by molar-refractivity contribution is 0.0125. The van der Waals surface area contributed by atoms with Gasteiger partial charge in [0.2, 0.25) is 0 Å². The lowest BCUT2D eigenvalue weighted by Crippen LogP contribution is -2.45. The van der Waals surface area contributed by atoms with E-state index >= 15 is 0 Å². The fourth-order valence-corrected chi connectivity index (χ4v) is 3.70. The van der Waals surface area contributed by atoms with Gasteiger partial charge in [-0.3, -0.25) is 0 Å². The molecule has 1 N–H and O–H groups in total. The minimum absolute atomic E-state index is 0.105. The monoisotopic (exact) mass is 287 g/mol. The number of sulfonamides is 1. The van der Waals surface area contributed by atoms with Crippen molar-refractivity contribution in [2.45, 2.75) is 50.8 Å². The lowest BCUT2D eigenvalue weighted by atomic mass is 9.95. The minimum Gasteiger partial charge on any atom is -0.390 e. The third kappa shape index (κ3) is 2.82. The molecule has 7 heteroatoms. The van der Waals surface area contributed by atoms with Gasteiger partial charge in [0.25, 0.3) is 10.0 Å². The Bertz CT molecular complexity index is 553. The van der Waals surface area contributed by atoms with Gasteiger partial charge in [-0.1, -0.05) is 0 Å². The number of hydrogen-bond acceptors (Lipinski definition) is 4. The third-order valence-electron chi connectivity index (χ3n) is 3.70. The van der Waals surface area contributed by atoms with Crippen LogP contribution in [0.2, 0.25) is 0 Å². The average molecular weight is 287 g/mol. The zero-order chi connectivity index (χ0) is 14.3. The molecule has 1 aliphatic heterocycles. The van der Waals surface area contributed by atoms with E-state index in [9.17, 15) is 13.5 Å². The van der Waals surface area contributed by atoms with E-state index in [-0.39, 0.29) is 5.03 Å². The lowest BCUT2D eigenvalue weighted by Gasteiger charge is -2.34. The highest BCUT2D eigenvalue weighted by Crippen LogP contribution is 2.25. The summed E-state index contributed by atoms with van der Waals surface area (Å²) in [5.74, 6) is 0.699. The molecule has 2 heterocycles. The van der Waals surface area contributed by atoms with Crippen molar-refractivity contribution in [2.24, 2.45) is 0 Å². The standard InChI is InChI=1S/C12H21N3O3S/c1-4-14-9-11(13-10(14)2)19(17,18)15-7-5-12(3,16)6-8-15/h9,16H,4-8H2,1-3H3. The van der Waals surface area contributed by atoms with Crippen molar-refractivity contribution in [3.8, 4) is 0 Å². The van der Waals surface area contributed by atoms with Crippen molar-refractivity contribution in [1.82, 2.24) is 13.9 Å². The zero-order valence-electron chi connectivity index (χ0n) is 11.6. The number of hydrogen-bond donors (Lipinski definition) is 1. The molecule has 1 fully saturated rings. The molecule has 6 nitrogen and oxygen atoms in total. The van der Waals surface area contributed by atoms with Crippen LogP contribution in [0.25, 0.3) is 0 Å². The van der Waals surface area contributed by atoms with Crippen LogP contribution in [0.3, 0.4) is 0 Å². The molecule has 1 saturated heterocycles. The Morgan fingerprint density at radius 1 is 1.42 bits per heavy atom. The number of nitrogens with zero attached hydrogens (tertiary/aromatic N) is 3. The summed E-state index contributed by atoms with van der Waals surface area (Å²) in [6.45, 7) is 6.86. The molecule has 1 aliphatic rings. The van der Waals surface area contributed by atoms with E-state index in [1.165, 1.54) is 4.31 Å². The Morgan fingerprint density at radius 3 is 2.47 bits per heavy atom. The van der Waals surface area contributed by atoms with E-state index in [0.29, 0.717) is 38.3 Å². The summed E-state index contributed by atoms with van der Waals surface area (Å²) in [5.41, 5.74) is -0.759. The number of imidazole rings is 1. The highest BCUT2D eigenvalue weighted by atomic mass is 32.2. The first kappa shape index (κ1) is 14.5. The molecule has 0 radical (unpaired) electrons. The SMILES string of the molecule is CCn1cc(S(=O)(=O)N2CCC(C)(O)CC2)nc1C. The van der Waals surface area contributed by atoms with Crippen LogP contribution in [0.15, 0.2) is 11.2 Å². The second-order valence-corrected chi connectivity index (χ2v) is 7.20. The van der Waals surface area contributed by atoms with Gasteiger partial charge in [-0.15, -0.1) is 0 Å². The molecule has 0 unspecified atom stereocenters. The van der Waals surface area contributed by atoms with Gasteiger partial charge in [-0.05, 0) is 33.6 Å². The van der Waals surface area contributed by atoms with Gasteiger partial charge in [-0.25, -0.2) is 13.4 Å². The molecule has 0 aliphatic carbocycles. The van der Waals surface area contributed by atoms with Gasteiger partial charge in [0, 0.05) is 25.8 Å². The maximum Gasteiger partial charge on any atom is 0.262 e. The normalized spacial score (nSPS) is 20.6. The third-order valence-corrected chi connectivity index (χ3v) is 5.47. The Kier molecular flexibility index (Phi) is 3.72. The fraction of sp³-hybridized carbons (Fsp3) is 0.750. The number of aromatic nitrogens is 2. The highest BCUT2D eigenvalue weighted by Gasteiger charge is 2.35. The maximum atomic E-state index is 12.4. The van der Waals surface area contributed by atoms with Gasteiger partial charge in [0.1, 0.15) is 5.82 Å². The largest absolute Gasteiger partial charge is 0.390 e. The van der Waals surface area contributed by atoms with Crippen LogP contribution in [0.4, 0.5) is 0 Å². The van der Waals surface area contributed by atoms with E-state index < -0.39 is 15.6 Å². The molecule has 0 spiro atoms. The molecule has 1 aromatic rings. The van der Waals surface area contributed by atoms with Gasteiger partial charge in [0.05, 0.1) is 5.60 Å². The topological polar surface area (TPSA) is 75.4 Å². The first-order valence-corrected chi connectivity index (χ1v) is 7.96. The first-order chi connectivity index (χ1) is 8.76. The van der Waals surface area contributed by atoms with Crippen LogP contribution in [-0.2, 0) is 16.6 Å². The van der Waals surface area contributed by atoms with Crippen LogP contribution in [0, 0.1) is 6.92 Å². The summed E-state index contributed by atoms with van der Waals surface area (Å²) in [6.07, 6.45) is 2.50. The average Bonchev–Trinajstić information content (AvgIpc) is 2.70. The molecule has 0 saturated carbocycles. The summed E-state index contributed by atoms with van der Waals surface area (Å²) < 4.78 is 28.1. The first-order valence-electron chi connectivity index (χ1n) is 6.52. The molecule has 0 aromatic carbocycles. The summed E-state index contributed by atoms with van der Waals surface area (Å²) >= 11 is 0. The second kappa shape index (κ2) is 4.88. The van der Waals surface area contributed by atoms with Crippen molar-refractivity contribution < 1.29 is 13.5 Å². The molecule has 108 valence electrons. The number of aryl methyl sites for hydroxylation is 2. The van der Waals surface area contributed by atoms with Crippen molar-refractivity contribution >= 4 is 10.0 Å². The molecule has 0 atom stereocenters. The number of aliphatic hydroxyl groups is 1. The Balaban J connectivity index is 2.23. The molecule has 19 heavy (non-hydrogen) atoms. The van der Waals surface area contributed by atoms with Crippen molar-refractivity contribution in [3.05, 3.63) is 12.0 Å². The van der Waals surface area contributed by atoms with E-state index in [1.54, 1.807) is 20.0 Å². The Morgan fingerprint density at radius 2 is 2.00 bits per heavy atom. The minimum atomic E-state index is -3.53. The van der Waals surface area contributed by atoms with Crippen LogP contribution in [0.5, 0.6) is 0 Å². The smallest absolute Gasteiger partial charge is 0.262 e. The van der Waals surface area contributed by atoms with Crippen LogP contribution in [-0.4, -0.2) is 46.1 Å². The van der Waals surface area contributed by atoms with Gasteiger partial charge >= 0.3 is 0 Å². The van der Waals surface area contributed by atoms with Crippen LogP contribution >= 0.6 is 0 Å². The van der Waals surface area contributed by atoms with E-state index in [1.807, 2.05) is 11.5 Å². The van der Waals surface area contributed by atoms with Gasteiger partial charge < -0.3 is 9.67 Å². The van der Waals surface area contributed by atoms with Crippen molar-refractivity contribution in [2.75, 3.05) is 13.1 Å². The molecular weight excluding hydrogens is 266 g/mol. The summed E-state index contributed by atoms with van der Waals surface area (Å²) in [5, 5.41) is 9.98. The van der Waals surface area contributed by atoms with E-state index in [2.05, 4.69) is 4.98 Å². The predicted octanol–water partition coefficient (Wildman–Crippen LogP) is 0.747. The van der Waals surface area contributed by atoms with Gasteiger partial charge in [0.15, 0.2) is 5.03 Å². The summed E-state index contributed by atoms with van der Waals surface area (Å²) in [6, 6.07) is 0. The number of piperidine rings is 1.